The third kappa shape index (κ3) is 2.98. The van der Waals surface area contributed by atoms with E-state index in [4.69, 9.17) is 14.4 Å². The van der Waals surface area contributed by atoms with Crippen molar-refractivity contribution in [2.24, 2.45) is 0 Å². The van der Waals surface area contributed by atoms with Crippen molar-refractivity contribution in [2.45, 2.75) is 32.8 Å². The molecule has 1 aromatic rings. The number of aryl methyl sites for hydroxylation is 2. The number of ether oxygens (including phenoxy) is 1. The number of carbonyl (C=O) groups excluding carboxylic acids is 1. The first-order valence-electron chi connectivity index (χ1n) is 6.60. The second kappa shape index (κ2) is 6.04. The predicted molar refractivity (Wildman–Crippen MR) is 68.5 cm³/mol. The highest BCUT2D eigenvalue weighted by molar-refractivity contribution is 5.96. The molecule has 0 bridgehead atoms. The number of hydrogen-bond donors (Lipinski definition) is 1. The molecule has 1 aliphatic rings. The summed E-state index contributed by atoms with van der Waals surface area (Å²) in [6.07, 6.45) is 0.0457. The molecule has 1 saturated heterocycles. The first-order valence-corrected chi connectivity index (χ1v) is 6.60. The van der Waals surface area contributed by atoms with Gasteiger partial charge in [-0.3, -0.25) is 9.59 Å². The van der Waals surface area contributed by atoms with Crippen molar-refractivity contribution >= 4 is 11.9 Å². The smallest absolute Gasteiger partial charge is 0.306 e. The van der Waals surface area contributed by atoms with Crippen LogP contribution in [0.3, 0.4) is 0 Å². The molecule has 20 heavy (non-hydrogen) atoms. The molecule has 0 aromatic carbocycles. The summed E-state index contributed by atoms with van der Waals surface area (Å²) in [4.78, 5) is 24.8. The summed E-state index contributed by atoms with van der Waals surface area (Å²) in [7, 11) is 0. The molecule has 1 fully saturated rings. The Balaban J connectivity index is 2.12. The molecule has 1 N–H and O–H groups in total. The predicted octanol–water partition coefficient (Wildman–Crippen LogP) is 0.861. The molecule has 0 spiro atoms. The monoisotopic (exact) mass is 282 g/mol. The standard InChI is InChI=1S/C13H18N2O5/c1-3-10-12(8(2)20-14-10)13(18)15-4-5-19-9(7-15)6-11(16)17/h9H,3-7H2,1-2H3,(H,16,17). The second-order valence-corrected chi connectivity index (χ2v) is 4.76. The maximum atomic E-state index is 12.5. The van der Waals surface area contributed by atoms with E-state index in [1.807, 2.05) is 6.92 Å². The van der Waals surface area contributed by atoms with E-state index in [0.29, 0.717) is 36.6 Å². The van der Waals surface area contributed by atoms with Crippen LogP contribution >= 0.6 is 0 Å². The summed E-state index contributed by atoms with van der Waals surface area (Å²) in [5.74, 6) is -0.605. The first-order chi connectivity index (χ1) is 9.52. The van der Waals surface area contributed by atoms with E-state index in [2.05, 4.69) is 5.16 Å². The number of amides is 1. The lowest BCUT2D eigenvalue weighted by Crippen LogP contribution is -2.46. The fourth-order valence-electron chi connectivity index (χ4n) is 2.31. The van der Waals surface area contributed by atoms with Gasteiger partial charge in [0.15, 0.2) is 0 Å². The van der Waals surface area contributed by atoms with E-state index < -0.39 is 12.1 Å². The van der Waals surface area contributed by atoms with Crippen LogP contribution in [-0.4, -0.2) is 52.8 Å². The van der Waals surface area contributed by atoms with Crippen LogP contribution in [0.25, 0.3) is 0 Å². The first kappa shape index (κ1) is 14.5. The topological polar surface area (TPSA) is 92.9 Å². The van der Waals surface area contributed by atoms with Crippen LogP contribution in [0.2, 0.25) is 0 Å². The zero-order valence-electron chi connectivity index (χ0n) is 11.6. The van der Waals surface area contributed by atoms with E-state index >= 15 is 0 Å². The molecule has 1 atom stereocenters. The van der Waals surface area contributed by atoms with Gasteiger partial charge in [-0.2, -0.15) is 0 Å². The Morgan fingerprint density at radius 1 is 1.50 bits per heavy atom. The van der Waals surface area contributed by atoms with Crippen LogP contribution in [0.15, 0.2) is 4.52 Å². The quantitative estimate of drug-likeness (QED) is 0.880. The molecule has 0 radical (unpaired) electrons. The van der Waals surface area contributed by atoms with Gasteiger partial charge in [-0.05, 0) is 13.3 Å². The highest BCUT2D eigenvalue weighted by Crippen LogP contribution is 2.19. The maximum Gasteiger partial charge on any atom is 0.306 e. The molecule has 0 saturated carbocycles. The Kier molecular flexibility index (Phi) is 4.39. The molecule has 110 valence electrons. The third-order valence-electron chi connectivity index (χ3n) is 3.31. The minimum atomic E-state index is -0.931. The van der Waals surface area contributed by atoms with E-state index in [0.717, 1.165) is 0 Å². The normalized spacial score (nSPS) is 19.1. The molecular formula is C13H18N2O5. The number of nitrogens with zero attached hydrogens (tertiary/aromatic N) is 2. The molecule has 2 rings (SSSR count). The van der Waals surface area contributed by atoms with Crippen LogP contribution < -0.4 is 0 Å². The Morgan fingerprint density at radius 2 is 2.25 bits per heavy atom. The molecule has 7 heteroatoms. The van der Waals surface area contributed by atoms with Gasteiger partial charge in [0.1, 0.15) is 11.3 Å². The minimum Gasteiger partial charge on any atom is -0.481 e. The van der Waals surface area contributed by atoms with Gasteiger partial charge < -0.3 is 19.3 Å². The molecule has 0 aliphatic carbocycles. The van der Waals surface area contributed by atoms with Crippen molar-refractivity contribution in [3.63, 3.8) is 0 Å². The Morgan fingerprint density at radius 3 is 2.90 bits per heavy atom. The fourth-order valence-corrected chi connectivity index (χ4v) is 2.31. The SMILES string of the molecule is CCc1noc(C)c1C(=O)N1CCOC(CC(=O)O)C1. The zero-order chi connectivity index (χ0) is 14.7. The van der Waals surface area contributed by atoms with Crippen molar-refractivity contribution < 1.29 is 24.0 Å². The van der Waals surface area contributed by atoms with Crippen LogP contribution in [0.4, 0.5) is 0 Å². The third-order valence-corrected chi connectivity index (χ3v) is 3.31. The van der Waals surface area contributed by atoms with E-state index in [-0.39, 0.29) is 18.9 Å². The number of carboxylic acid groups (broad SMARTS) is 1. The Bertz CT molecular complexity index is 511. The molecule has 1 unspecified atom stereocenters. The van der Waals surface area contributed by atoms with Crippen LogP contribution in [0, 0.1) is 6.92 Å². The molecular weight excluding hydrogens is 264 g/mol. The molecule has 1 aromatic heterocycles. The van der Waals surface area contributed by atoms with E-state index in [9.17, 15) is 9.59 Å². The van der Waals surface area contributed by atoms with Crippen molar-refractivity contribution in [1.82, 2.24) is 10.1 Å². The molecule has 7 nitrogen and oxygen atoms in total. The van der Waals surface area contributed by atoms with Crippen molar-refractivity contribution in [1.29, 1.82) is 0 Å². The van der Waals surface area contributed by atoms with Crippen LogP contribution in [0.5, 0.6) is 0 Å². The van der Waals surface area contributed by atoms with Gasteiger partial charge >= 0.3 is 5.97 Å². The number of carbonyl (C=O) groups is 2. The lowest BCUT2D eigenvalue weighted by Gasteiger charge is -2.32. The average molecular weight is 282 g/mol. The molecule has 2 heterocycles. The summed E-state index contributed by atoms with van der Waals surface area (Å²) in [5.41, 5.74) is 1.12. The summed E-state index contributed by atoms with van der Waals surface area (Å²) < 4.78 is 10.4. The zero-order valence-corrected chi connectivity index (χ0v) is 11.6. The van der Waals surface area contributed by atoms with E-state index in [1.54, 1.807) is 11.8 Å². The second-order valence-electron chi connectivity index (χ2n) is 4.76. The lowest BCUT2D eigenvalue weighted by molar-refractivity contribution is -0.141. The van der Waals surface area contributed by atoms with E-state index in [1.165, 1.54) is 0 Å². The van der Waals surface area contributed by atoms with Gasteiger partial charge in [-0.1, -0.05) is 12.1 Å². The van der Waals surface area contributed by atoms with Gasteiger partial charge in [0.2, 0.25) is 0 Å². The summed E-state index contributed by atoms with van der Waals surface area (Å²) >= 11 is 0. The summed E-state index contributed by atoms with van der Waals surface area (Å²) in [6.45, 7) is 4.67. The minimum absolute atomic E-state index is 0.104. The fraction of sp³-hybridized carbons (Fsp3) is 0.615. The Hall–Kier alpha value is -1.89. The highest BCUT2D eigenvalue weighted by atomic mass is 16.5. The average Bonchev–Trinajstić information content (AvgIpc) is 2.78. The molecule has 1 amide bonds. The number of rotatable bonds is 4. The van der Waals surface area contributed by atoms with Crippen molar-refractivity contribution in [3.8, 4) is 0 Å². The number of carboxylic acids is 1. The number of aromatic nitrogens is 1. The lowest BCUT2D eigenvalue weighted by atomic mass is 10.1. The maximum absolute atomic E-state index is 12.5. The number of aliphatic carboxylic acids is 1. The van der Waals surface area contributed by atoms with Gasteiger partial charge in [-0.15, -0.1) is 0 Å². The van der Waals surface area contributed by atoms with Crippen molar-refractivity contribution in [3.05, 3.63) is 17.0 Å². The summed E-state index contributed by atoms with van der Waals surface area (Å²) in [6, 6.07) is 0. The highest BCUT2D eigenvalue weighted by Gasteiger charge is 2.30. The summed E-state index contributed by atoms with van der Waals surface area (Å²) in [5, 5.41) is 12.7. The largest absolute Gasteiger partial charge is 0.481 e. The van der Waals surface area contributed by atoms with Gasteiger partial charge in [0.25, 0.3) is 5.91 Å². The van der Waals surface area contributed by atoms with Gasteiger partial charge in [0.05, 0.1) is 24.8 Å². The molecule has 1 aliphatic heterocycles. The van der Waals surface area contributed by atoms with Gasteiger partial charge in [0, 0.05) is 13.1 Å². The van der Waals surface area contributed by atoms with Crippen LogP contribution in [-0.2, 0) is 16.0 Å². The Labute approximate surface area is 116 Å². The number of morpholine rings is 1. The van der Waals surface area contributed by atoms with Gasteiger partial charge in [-0.25, -0.2) is 0 Å². The van der Waals surface area contributed by atoms with Crippen LogP contribution in [0.1, 0.15) is 35.2 Å². The van der Waals surface area contributed by atoms with Crippen molar-refractivity contribution in [2.75, 3.05) is 19.7 Å². The number of hydrogen-bond acceptors (Lipinski definition) is 5.